The molecule has 2 aliphatic heterocycles. The SMILES string of the molecule is CC(C)(CNC(=S)Nc1ccc2c(c1)C(=O)OC21c2ccc(O)cc2Oc2cc(O)ccc21)OC(C)(C)CC(=O)N[C@H](CCCCNc1cc(F)c([N+](=O)[O-])cc1[N+](=O)[O-])C(=O)NCCOCCOCCOCCOCCNC(=O)CCCc1c[nH]c2ccccc12. The van der Waals surface area contributed by atoms with E-state index in [1.54, 1.807) is 58.0 Å². The summed E-state index contributed by atoms with van der Waals surface area (Å²) < 4.78 is 55.5. The van der Waals surface area contributed by atoms with Crippen molar-refractivity contribution in [1.29, 1.82) is 0 Å². The summed E-state index contributed by atoms with van der Waals surface area (Å²) in [6.07, 6.45) is 4.49. The van der Waals surface area contributed by atoms with Crippen LogP contribution in [0.5, 0.6) is 23.0 Å². The van der Waals surface area contributed by atoms with E-state index in [0.717, 1.165) is 18.4 Å². The van der Waals surface area contributed by atoms with E-state index in [2.05, 4.69) is 43.0 Å². The Morgan fingerprint density at radius 2 is 1.34 bits per heavy atom. The lowest BCUT2D eigenvalue weighted by Gasteiger charge is -2.36. The highest BCUT2D eigenvalue weighted by molar-refractivity contribution is 7.80. The number of aromatic hydroxyl groups is 2. The summed E-state index contributed by atoms with van der Waals surface area (Å²) in [5.74, 6) is -2.57. The highest BCUT2D eigenvalue weighted by Crippen LogP contribution is 2.57. The molecule has 1 spiro atoms. The molecule has 1 aromatic heterocycles. The molecule has 0 saturated carbocycles. The molecule has 3 amide bonds. The fraction of sp³-hybridized carbons (Fsp3) is 0.422. The van der Waals surface area contributed by atoms with Gasteiger partial charge in [0, 0.05) is 90.3 Å². The lowest BCUT2D eigenvalue weighted by Crippen LogP contribution is -2.51. The van der Waals surface area contributed by atoms with Crippen LogP contribution in [0, 0.1) is 26.0 Å². The summed E-state index contributed by atoms with van der Waals surface area (Å²) in [6, 6.07) is 22.3. The van der Waals surface area contributed by atoms with Crippen LogP contribution in [0.4, 0.5) is 27.1 Å². The lowest BCUT2D eigenvalue weighted by atomic mass is 9.77. The summed E-state index contributed by atoms with van der Waals surface area (Å²) in [7, 11) is 0. The number of hydrogen-bond donors (Lipinski definition) is 9. The first-order valence-corrected chi connectivity index (χ1v) is 30.5. The second kappa shape index (κ2) is 31.8. The van der Waals surface area contributed by atoms with Gasteiger partial charge in [0.2, 0.25) is 23.5 Å². The first-order valence-electron chi connectivity index (χ1n) is 30.1. The third-order valence-electron chi connectivity index (χ3n) is 14.9. The standard InChI is InChI=1S/C64H76FN9O17S/c1-62(2,91-63(3,4)39-70-61(92)71-41-15-18-46-45(32-41)60(80)90-64(46)47-19-16-42(75)33-55(47)89-56-34-43(76)17-20-48(56)64)37-58(78)72-51(13-7-8-21-66-52-35-49(65)53(73(81)82)36-54(52)74(83)84)59(79)68-23-25-86-27-29-88-31-30-87-28-26-85-24-22-67-57(77)14-9-10-40-38-69-50-12-6-5-11-44(40)50/h5-6,11-12,15-20,32-36,38,51,66,69,75-76H,7-10,13-14,21-31,37,39H2,1-4H3,(H,67,77)(H,68,79)(H,72,78)(H2,70,71,92)/t51-/m1/s1. The molecule has 0 aliphatic carbocycles. The number of aromatic nitrogens is 1. The number of unbranched alkanes of at least 4 members (excludes halogenated alkanes) is 1. The van der Waals surface area contributed by atoms with Gasteiger partial charge >= 0.3 is 11.7 Å². The fourth-order valence-electron chi connectivity index (χ4n) is 10.9. The maximum Gasteiger partial charge on any atom is 0.340 e. The number of rotatable bonds is 36. The van der Waals surface area contributed by atoms with Crippen molar-refractivity contribution >= 4 is 74.7 Å². The number of thiocarbonyl (C=S) groups is 1. The summed E-state index contributed by atoms with van der Waals surface area (Å²) in [5.41, 5.74) is -1.03. The van der Waals surface area contributed by atoms with Gasteiger partial charge in [0.1, 0.15) is 34.7 Å². The molecule has 0 radical (unpaired) electrons. The number of nitro groups is 2. The van der Waals surface area contributed by atoms with E-state index in [4.69, 9.17) is 45.4 Å². The van der Waals surface area contributed by atoms with Crippen LogP contribution in [0.25, 0.3) is 10.9 Å². The van der Waals surface area contributed by atoms with Crippen LogP contribution in [0.1, 0.15) is 98.8 Å². The van der Waals surface area contributed by atoms with Crippen molar-refractivity contribution in [2.24, 2.45) is 0 Å². The molecule has 6 aromatic rings. The molecule has 9 N–H and O–H groups in total. The number of esters is 1. The first-order chi connectivity index (χ1) is 44.0. The van der Waals surface area contributed by atoms with Crippen molar-refractivity contribution in [1.82, 2.24) is 26.3 Å². The zero-order chi connectivity index (χ0) is 66.0. The Hall–Kier alpha value is -9.06. The highest BCUT2D eigenvalue weighted by Gasteiger charge is 2.54. The largest absolute Gasteiger partial charge is 0.508 e. The van der Waals surface area contributed by atoms with Crippen molar-refractivity contribution in [2.75, 3.05) is 89.7 Å². The van der Waals surface area contributed by atoms with Crippen LogP contribution in [0.15, 0.2) is 97.2 Å². The number of nitro benzene ring substituents is 2. The van der Waals surface area contributed by atoms with Crippen LogP contribution in [-0.4, -0.2) is 150 Å². The van der Waals surface area contributed by atoms with E-state index in [1.165, 1.54) is 35.2 Å². The zero-order valence-electron chi connectivity index (χ0n) is 51.4. The maximum atomic E-state index is 14.5. The average Bonchev–Trinajstić information content (AvgIpc) is 1.46. The number of amides is 3. The molecule has 0 fully saturated rings. The number of phenolic OH excluding ortho intramolecular Hbond substituents is 2. The van der Waals surface area contributed by atoms with Gasteiger partial charge in [-0.15, -0.1) is 0 Å². The number of carbonyl (C=O) groups is 4. The molecule has 28 heteroatoms. The van der Waals surface area contributed by atoms with Gasteiger partial charge in [-0.2, -0.15) is 4.39 Å². The minimum atomic E-state index is -1.45. The Labute approximate surface area is 534 Å². The predicted octanol–water partition coefficient (Wildman–Crippen LogP) is 8.44. The van der Waals surface area contributed by atoms with Crippen LogP contribution >= 0.6 is 12.2 Å². The van der Waals surface area contributed by atoms with Crippen LogP contribution in [0.2, 0.25) is 0 Å². The number of benzene rings is 5. The summed E-state index contributed by atoms with van der Waals surface area (Å²) >= 11 is 5.66. The van der Waals surface area contributed by atoms with Crippen LogP contribution in [-0.2, 0) is 54.8 Å². The number of fused-ring (bicyclic) bond motifs is 7. The van der Waals surface area contributed by atoms with Gasteiger partial charge in [0.25, 0.3) is 5.69 Å². The van der Waals surface area contributed by atoms with E-state index in [9.17, 15) is 54.0 Å². The van der Waals surface area contributed by atoms with Gasteiger partial charge in [0.15, 0.2) is 10.7 Å². The number of nitrogens with zero attached hydrogens (tertiary/aromatic N) is 2. The second-order valence-electron chi connectivity index (χ2n) is 23.1. The summed E-state index contributed by atoms with van der Waals surface area (Å²) in [5, 5.41) is 62.3. The van der Waals surface area contributed by atoms with Crippen molar-refractivity contribution < 1.29 is 76.8 Å². The Kier molecular flexibility index (Phi) is 23.8. The van der Waals surface area contributed by atoms with Gasteiger partial charge in [0.05, 0.1) is 92.0 Å². The monoisotopic (exact) mass is 1290 g/mol. The van der Waals surface area contributed by atoms with Crippen molar-refractivity contribution in [2.45, 2.75) is 95.5 Å². The summed E-state index contributed by atoms with van der Waals surface area (Å²) in [6.45, 7) is 10.0. The van der Waals surface area contributed by atoms with Crippen LogP contribution in [0.3, 0.4) is 0 Å². The Morgan fingerprint density at radius 1 is 0.717 bits per heavy atom. The third kappa shape index (κ3) is 18.6. The molecule has 0 bridgehead atoms. The number of para-hydroxylation sites is 1. The molecule has 492 valence electrons. The fourth-order valence-corrected chi connectivity index (χ4v) is 11.1. The molecule has 0 saturated heterocycles. The molecule has 92 heavy (non-hydrogen) atoms. The number of nitrogens with one attached hydrogen (secondary N) is 7. The Morgan fingerprint density at radius 3 is 1.99 bits per heavy atom. The number of H-pyrrole nitrogens is 1. The first kappa shape index (κ1) is 68.8. The smallest absolute Gasteiger partial charge is 0.340 e. The number of halogens is 1. The Balaban J connectivity index is 0.745. The second-order valence-corrected chi connectivity index (χ2v) is 23.5. The molecule has 8 rings (SSSR count). The number of anilines is 2. The minimum absolute atomic E-state index is 0.0226. The van der Waals surface area contributed by atoms with E-state index in [1.807, 2.05) is 24.4 Å². The summed E-state index contributed by atoms with van der Waals surface area (Å²) in [4.78, 5) is 77.6. The topological polar surface area (TPSA) is 348 Å². The number of aromatic amines is 1. The molecule has 3 heterocycles. The third-order valence-corrected chi connectivity index (χ3v) is 15.2. The molecular weight excluding hydrogens is 1220 g/mol. The quantitative estimate of drug-likeness (QED) is 0.00585. The number of ether oxygens (including phenoxy) is 7. The van der Waals surface area contributed by atoms with Gasteiger partial charge in [-0.1, -0.05) is 24.3 Å². The van der Waals surface area contributed by atoms with Gasteiger partial charge in [-0.25, -0.2) is 4.79 Å². The van der Waals surface area contributed by atoms with E-state index >= 15 is 0 Å². The zero-order valence-corrected chi connectivity index (χ0v) is 52.3. The number of aryl methyl sites for hydroxylation is 1. The van der Waals surface area contributed by atoms with Gasteiger partial charge in [-0.3, -0.25) is 34.6 Å². The van der Waals surface area contributed by atoms with Gasteiger partial charge in [-0.05, 0) is 120 Å². The van der Waals surface area contributed by atoms with Crippen molar-refractivity contribution in [3.63, 3.8) is 0 Å². The Bertz CT molecular complexity index is 3590. The highest BCUT2D eigenvalue weighted by atomic mass is 32.1. The van der Waals surface area contributed by atoms with E-state index in [-0.39, 0.29) is 97.6 Å². The molecule has 26 nitrogen and oxygen atoms in total. The normalized spacial score (nSPS) is 13.2. The molecule has 5 aromatic carbocycles. The maximum absolute atomic E-state index is 14.5. The van der Waals surface area contributed by atoms with E-state index in [0.29, 0.717) is 93.4 Å². The predicted molar refractivity (Wildman–Crippen MR) is 341 cm³/mol. The van der Waals surface area contributed by atoms with Crippen molar-refractivity contribution in [3.8, 4) is 23.0 Å². The molecule has 2 aliphatic rings. The van der Waals surface area contributed by atoms with Crippen molar-refractivity contribution in [3.05, 3.63) is 151 Å². The number of hydrogen-bond acceptors (Lipinski definition) is 19. The molecule has 0 unspecified atom stereocenters. The van der Waals surface area contributed by atoms with Gasteiger partial charge < -0.3 is 80.3 Å². The number of carbonyl (C=O) groups excluding carboxylic acids is 4. The molecular formula is C64H76FN9O17S. The average molecular weight is 1290 g/mol. The molecule has 1 atom stereocenters. The minimum Gasteiger partial charge on any atom is -0.508 e. The number of phenols is 2. The van der Waals surface area contributed by atoms with Crippen LogP contribution < -0.4 is 36.6 Å². The van der Waals surface area contributed by atoms with E-state index < -0.39 is 67.7 Å². The lowest BCUT2D eigenvalue weighted by molar-refractivity contribution is -0.395.